The summed E-state index contributed by atoms with van der Waals surface area (Å²) in [7, 11) is 3.06. The summed E-state index contributed by atoms with van der Waals surface area (Å²) >= 11 is 0. The summed E-state index contributed by atoms with van der Waals surface area (Å²) in [4.78, 5) is 11.9. The van der Waals surface area contributed by atoms with Crippen LogP contribution in [-0.4, -0.2) is 50.7 Å². The third-order valence-corrected chi connectivity index (χ3v) is 3.32. The molecule has 7 nitrogen and oxygen atoms in total. The molecule has 1 heterocycles. The fourth-order valence-corrected chi connectivity index (χ4v) is 2.05. The van der Waals surface area contributed by atoms with Gasteiger partial charge in [-0.2, -0.15) is 0 Å². The Kier molecular flexibility index (Phi) is 4.87. The van der Waals surface area contributed by atoms with Gasteiger partial charge >= 0.3 is 6.03 Å². The van der Waals surface area contributed by atoms with Crippen molar-refractivity contribution in [3.8, 4) is 11.5 Å². The number of nitrogens with one attached hydrogen (secondary N) is 2. The van der Waals surface area contributed by atoms with Gasteiger partial charge in [-0.05, 0) is 12.1 Å². The average Bonchev–Trinajstić information content (AvgIpc) is 2.93. The first kappa shape index (κ1) is 15.4. The third-order valence-electron chi connectivity index (χ3n) is 3.32. The van der Waals surface area contributed by atoms with Gasteiger partial charge in [0.1, 0.15) is 17.1 Å². The number of carbonyl (C=O) groups is 1. The smallest absolute Gasteiger partial charge is 0.319 e. The van der Waals surface area contributed by atoms with E-state index in [1.807, 2.05) is 0 Å². The van der Waals surface area contributed by atoms with Gasteiger partial charge in [0, 0.05) is 19.1 Å². The lowest BCUT2D eigenvalue weighted by Gasteiger charge is -2.21. The van der Waals surface area contributed by atoms with E-state index in [0.29, 0.717) is 30.2 Å². The van der Waals surface area contributed by atoms with Crippen LogP contribution in [0.5, 0.6) is 11.5 Å². The molecule has 1 aliphatic rings. The molecule has 2 rings (SSSR count). The SMILES string of the molecule is COc1ccc(NC(=O)NCC2(O)CCOC2)c(OC)c1. The van der Waals surface area contributed by atoms with Crippen LogP contribution in [0.15, 0.2) is 18.2 Å². The zero-order chi connectivity index (χ0) is 15.3. The monoisotopic (exact) mass is 296 g/mol. The van der Waals surface area contributed by atoms with E-state index in [1.54, 1.807) is 25.3 Å². The van der Waals surface area contributed by atoms with Gasteiger partial charge in [0.15, 0.2) is 0 Å². The number of rotatable bonds is 5. The Balaban J connectivity index is 1.93. The minimum Gasteiger partial charge on any atom is -0.497 e. The van der Waals surface area contributed by atoms with Crippen molar-refractivity contribution in [3.05, 3.63) is 18.2 Å². The van der Waals surface area contributed by atoms with Crippen LogP contribution in [0.25, 0.3) is 0 Å². The first-order valence-corrected chi connectivity index (χ1v) is 6.63. The van der Waals surface area contributed by atoms with Crippen molar-refractivity contribution < 1.29 is 24.1 Å². The van der Waals surface area contributed by atoms with E-state index in [1.165, 1.54) is 7.11 Å². The van der Waals surface area contributed by atoms with Crippen LogP contribution < -0.4 is 20.1 Å². The Bertz CT molecular complexity index is 500. The topological polar surface area (TPSA) is 89.1 Å². The molecule has 1 saturated heterocycles. The second-order valence-corrected chi connectivity index (χ2v) is 4.90. The van der Waals surface area contributed by atoms with Gasteiger partial charge in [0.2, 0.25) is 0 Å². The van der Waals surface area contributed by atoms with Crippen LogP contribution in [0.1, 0.15) is 6.42 Å². The van der Waals surface area contributed by atoms with Crippen LogP contribution in [0.3, 0.4) is 0 Å². The summed E-state index contributed by atoms with van der Waals surface area (Å²) in [6.45, 7) is 0.878. The van der Waals surface area contributed by atoms with Gasteiger partial charge in [-0.3, -0.25) is 0 Å². The molecule has 1 atom stereocenters. The molecular weight excluding hydrogens is 276 g/mol. The fourth-order valence-electron chi connectivity index (χ4n) is 2.05. The molecule has 0 aromatic heterocycles. The molecule has 3 N–H and O–H groups in total. The zero-order valence-electron chi connectivity index (χ0n) is 12.1. The number of ether oxygens (including phenoxy) is 3. The van der Waals surface area contributed by atoms with E-state index in [2.05, 4.69) is 10.6 Å². The minimum atomic E-state index is -0.985. The molecule has 2 amide bonds. The van der Waals surface area contributed by atoms with Gasteiger partial charge in [-0.15, -0.1) is 0 Å². The summed E-state index contributed by atoms with van der Waals surface area (Å²) in [6.07, 6.45) is 0.513. The van der Waals surface area contributed by atoms with Crippen LogP contribution in [0.4, 0.5) is 10.5 Å². The van der Waals surface area contributed by atoms with Crippen molar-refractivity contribution in [1.29, 1.82) is 0 Å². The van der Waals surface area contributed by atoms with Gasteiger partial charge in [0.25, 0.3) is 0 Å². The maximum absolute atomic E-state index is 11.9. The number of hydrogen-bond donors (Lipinski definition) is 3. The van der Waals surface area contributed by atoms with Crippen molar-refractivity contribution >= 4 is 11.7 Å². The zero-order valence-corrected chi connectivity index (χ0v) is 12.1. The Labute approximate surface area is 123 Å². The minimum absolute atomic E-state index is 0.136. The Morgan fingerprint density at radius 3 is 2.86 bits per heavy atom. The summed E-state index contributed by atoms with van der Waals surface area (Å²) in [5, 5.41) is 15.4. The van der Waals surface area contributed by atoms with Crippen molar-refractivity contribution in [3.63, 3.8) is 0 Å². The van der Waals surface area contributed by atoms with Crippen molar-refractivity contribution in [1.82, 2.24) is 5.32 Å². The molecule has 0 spiro atoms. The van der Waals surface area contributed by atoms with Crippen LogP contribution in [0, 0.1) is 0 Å². The van der Waals surface area contributed by atoms with Crippen molar-refractivity contribution in [2.75, 3.05) is 39.3 Å². The highest BCUT2D eigenvalue weighted by molar-refractivity contribution is 5.91. The molecular formula is C14H20N2O5. The second kappa shape index (κ2) is 6.64. The fraction of sp³-hybridized carbons (Fsp3) is 0.500. The van der Waals surface area contributed by atoms with E-state index in [4.69, 9.17) is 14.2 Å². The number of amides is 2. The van der Waals surface area contributed by atoms with Gasteiger partial charge in [-0.1, -0.05) is 0 Å². The first-order chi connectivity index (χ1) is 10.1. The lowest BCUT2D eigenvalue weighted by Crippen LogP contribution is -2.44. The Hall–Kier alpha value is -1.99. The number of anilines is 1. The predicted octanol–water partition coefficient (Wildman–Crippen LogP) is 0.977. The maximum Gasteiger partial charge on any atom is 0.319 e. The number of aliphatic hydroxyl groups is 1. The molecule has 7 heteroatoms. The first-order valence-electron chi connectivity index (χ1n) is 6.63. The summed E-state index contributed by atoms with van der Waals surface area (Å²) < 4.78 is 15.4. The van der Waals surface area contributed by atoms with E-state index in [9.17, 15) is 9.90 Å². The molecule has 0 aliphatic carbocycles. The summed E-state index contributed by atoms with van der Waals surface area (Å²) in [5.41, 5.74) is -0.466. The Morgan fingerprint density at radius 1 is 1.43 bits per heavy atom. The van der Waals surface area contributed by atoms with E-state index < -0.39 is 11.6 Å². The number of carbonyl (C=O) groups excluding carboxylic acids is 1. The van der Waals surface area contributed by atoms with E-state index in [-0.39, 0.29) is 13.2 Å². The molecule has 1 unspecified atom stereocenters. The average molecular weight is 296 g/mol. The van der Waals surface area contributed by atoms with Gasteiger partial charge < -0.3 is 30.0 Å². The number of benzene rings is 1. The summed E-state index contributed by atoms with van der Waals surface area (Å²) in [6, 6.07) is 4.66. The molecule has 21 heavy (non-hydrogen) atoms. The molecule has 1 fully saturated rings. The molecule has 1 aromatic carbocycles. The van der Waals surface area contributed by atoms with E-state index in [0.717, 1.165) is 0 Å². The van der Waals surface area contributed by atoms with Crippen LogP contribution in [0.2, 0.25) is 0 Å². The molecule has 1 aliphatic heterocycles. The molecule has 0 saturated carbocycles. The normalized spacial score (nSPS) is 20.9. The highest BCUT2D eigenvalue weighted by Gasteiger charge is 2.32. The third kappa shape index (κ3) is 3.99. The largest absolute Gasteiger partial charge is 0.497 e. The quantitative estimate of drug-likeness (QED) is 0.753. The molecule has 116 valence electrons. The standard InChI is InChI=1S/C14H20N2O5/c1-19-10-3-4-11(12(7-10)20-2)16-13(17)15-8-14(18)5-6-21-9-14/h3-4,7,18H,5-6,8-9H2,1-2H3,(H2,15,16,17). The van der Waals surface area contributed by atoms with Crippen molar-refractivity contribution in [2.45, 2.75) is 12.0 Å². The number of methoxy groups -OCH3 is 2. The maximum atomic E-state index is 11.9. The number of urea groups is 1. The van der Waals surface area contributed by atoms with Crippen molar-refractivity contribution in [2.24, 2.45) is 0 Å². The molecule has 0 radical (unpaired) electrons. The summed E-state index contributed by atoms with van der Waals surface area (Å²) in [5.74, 6) is 1.13. The van der Waals surface area contributed by atoms with E-state index >= 15 is 0 Å². The number of hydrogen-bond acceptors (Lipinski definition) is 5. The van der Waals surface area contributed by atoms with Crippen LogP contribution >= 0.6 is 0 Å². The molecule has 0 bridgehead atoms. The lowest BCUT2D eigenvalue weighted by atomic mass is 10.0. The molecule has 1 aromatic rings. The second-order valence-electron chi connectivity index (χ2n) is 4.90. The predicted molar refractivity (Wildman–Crippen MR) is 77.0 cm³/mol. The lowest BCUT2D eigenvalue weighted by molar-refractivity contribution is 0.0295. The highest BCUT2D eigenvalue weighted by Crippen LogP contribution is 2.28. The highest BCUT2D eigenvalue weighted by atomic mass is 16.5. The van der Waals surface area contributed by atoms with Gasteiger partial charge in [-0.25, -0.2) is 4.79 Å². The Morgan fingerprint density at radius 2 is 2.24 bits per heavy atom. The van der Waals surface area contributed by atoms with Gasteiger partial charge in [0.05, 0.1) is 33.1 Å². The van der Waals surface area contributed by atoms with Crippen LogP contribution in [-0.2, 0) is 4.74 Å².